The van der Waals surface area contributed by atoms with Gasteiger partial charge in [0.1, 0.15) is 11.8 Å². The minimum atomic E-state index is 0.291. The number of rotatable bonds is 2. The van der Waals surface area contributed by atoms with Crippen molar-refractivity contribution >= 4 is 40.4 Å². The number of nitriles is 1. The highest BCUT2D eigenvalue weighted by Gasteiger charge is 2.14. The summed E-state index contributed by atoms with van der Waals surface area (Å²) < 4.78 is 5.00. The second kappa shape index (κ2) is 5.45. The lowest BCUT2D eigenvalue weighted by Gasteiger charge is -2.08. The van der Waals surface area contributed by atoms with Crippen LogP contribution in [-0.2, 0) is 4.74 Å². The van der Waals surface area contributed by atoms with E-state index in [0.29, 0.717) is 32.0 Å². The van der Waals surface area contributed by atoms with E-state index >= 15 is 0 Å². The van der Waals surface area contributed by atoms with Gasteiger partial charge in [-0.1, -0.05) is 34.8 Å². The van der Waals surface area contributed by atoms with Crippen LogP contribution in [0.3, 0.4) is 0 Å². The molecule has 0 N–H and O–H groups in total. The van der Waals surface area contributed by atoms with Crippen LogP contribution >= 0.6 is 34.8 Å². The highest BCUT2D eigenvalue weighted by Crippen LogP contribution is 2.34. The van der Waals surface area contributed by atoms with Gasteiger partial charge in [-0.25, -0.2) is 0 Å². The Bertz CT molecular complexity index is 489. The van der Waals surface area contributed by atoms with E-state index in [1.54, 1.807) is 13.0 Å². The monoisotopic (exact) mass is 275 g/mol. The summed E-state index contributed by atoms with van der Waals surface area (Å²) in [5.74, 6) is 0.461. The molecule has 0 fully saturated rings. The highest BCUT2D eigenvalue weighted by molar-refractivity contribution is 6.44. The van der Waals surface area contributed by atoms with Crippen LogP contribution < -0.4 is 0 Å². The van der Waals surface area contributed by atoms with Crippen LogP contribution in [0.15, 0.2) is 17.9 Å². The van der Waals surface area contributed by atoms with Gasteiger partial charge in [0.15, 0.2) is 0 Å². The third kappa shape index (κ3) is 2.62. The molecule has 1 rings (SSSR count). The van der Waals surface area contributed by atoms with E-state index in [9.17, 15) is 0 Å². The Kier molecular flexibility index (Phi) is 4.49. The van der Waals surface area contributed by atoms with Gasteiger partial charge in [0.2, 0.25) is 0 Å². The van der Waals surface area contributed by atoms with Crippen LogP contribution in [0.1, 0.15) is 12.5 Å². The summed E-state index contributed by atoms with van der Waals surface area (Å²) in [5, 5.41) is 10.1. The summed E-state index contributed by atoms with van der Waals surface area (Å²) in [5.41, 5.74) is 0.790. The summed E-state index contributed by atoms with van der Waals surface area (Å²) in [4.78, 5) is 0. The van der Waals surface area contributed by atoms with Gasteiger partial charge in [0.25, 0.3) is 0 Å². The van der Waals surface area contributed by atoms with Crippen molar-refractivity contribution in [2.45, 2.75) is 6.92 Å². The third-order valence-electron chi connectivity index (χ3n) is 2.03. The quantitative estimate of drug-likeness (QED) is 0.451. The van der Waals surface area contributed by atoms with Crippen LogP contribution in [-0.4, -0.2) is 7.11 Å². The highest BCUT2D eigenvalue weighted by atomic mass is 35.5. The normalized spacial score (nSPS) is 11.8. The number of methoxy groups -OCH3 is 1. The topological polar surface area (TPSA) is 33.0 Å². The minimum absolute atomic E-state index is 0.291. The average molecular weight is 277 g/mol. The van der Waals surface area contributed by atoms with Gasteiger partial charge in [-0.15, -0.1) is 0 Å². The molecule has 0 radical (unpaired) electrons. The zero-order valence-electron chi connectivity index (χ0n) is 8.64. The number of halogens is 3. The Labute approximate surface area is 109 Å². The standard InChI is InChI=1S/C11H8Cl3NO/c1-6(16-2)9(5-15)8-3-7(12)4-10(13)11(8)14/h3-4H,1-2H3. The molecular weight excluding hydrogens is 268 g/mol. The number of hydrogen-bond donors (Lipinski definition) is 0. The van der Waals surface area contributed by atoms with Crippen molar-refractivity contribution in [2.75, 3.05) is 7.11 Å². The first-order valence-corrected chi connectivity index (χ1v) is 5.44. The minimum Gasteiger partial charge on any atom is -0.500 e. The molecule has 16 heavy (non-hydrogen) atoms. The Morgan fingerprint density at radius 1 is 1.31 bits per heavy atom. The van der Waals surface area contributed by atoms with Crippen molar-refractivity contribution in [1.82, 2.24) is 0 Å². The maximum atomic E-state index is 9.05. The van der Waals surface area contributed by atoms with Gasteiger partial charge < -0.3 is 4.74 Å². The van der Waals surface area contributed by atoms with Gasteiger partial charge in [-0.05, 0) is 19.1 Å². The number of ether oxygens (including phenoxy) is 1. The Morgan fingerprint density at radius 3 is 2.44 bits per heavy atom. The summed E-state index contributed by atoms with van der Waals surface area (Å²) in [6.07, 6.45) is 0. The van der Waals surface area contributed by atoms with Crippen LogP contribution in [0, 0.1) is 11.3 Å². The van der Waals surface area contributed by atoms with Crippen molar-refractivity contribution in [2.24, 2.45) is 0 Å². The molecule has 2 nitrogen and oxygen atoms in total. The number of allylic oxidation sites excluding steroid dienone is 2. The van der Waals surface area contributed by atoms with Crippen LogP contribution in [0.2, 0.25) is 15.1 Å². The molecule has 1 aromatic rings. The lowest BCUT2D eigenvalue weighted by Crippen LogP contribution is -1.91. The zero-order chi connectivity index (χ0) is 12.3. The van der Waals surface area contributed by atoms with Crippen molar-refractivity contribution < 1.29 is 4.74 Å². The van der Waals surface area contributed by atoms with Gasteiger partial charge in [-0.2, -0.15) is 5.26 Å². The number of benzene rings is 1. The fourth-order valence-corrected chi connectivity index (χ4v) is 1.87. The van der Waals surface area contributed by atoms with E-state index in [-0.39, 0.29) is 0 Å². The van der Waals surface area contributed by atoms with Gasteiger partial charge in [-0.3, -0.25) is 0 Å². The molecule has 84 valence electrons. The number of nitrogens with zero attached hydrogens (tertiary/aromatic N) is 1. The molecular formula is C11H8Cl3NO. The van der Waals surface area contributed by atoms with Gasteiger partial charge >= 0.3 is 0 Å². The molecule has 5 heteroatoms. The molecule has 0 heterocycles. The molecule has 0 unspecified atom stereocenters. The Morgan fingerprint density at radius 2 is 1.94 bits per heavy atom. The maximum absolute atomic E-state index is 9.05. The maximum Gasteiger partial charge on any atom is 0.111 e. The molecule has 0 aliphatic heterocycles. The van der Waals surface area contributed by atoms with Crippen molar-refractivity contribution in [3.63, 3.8) is 0 Å². The van der Waals surface area contributed by atoms with Crippen LogP contribution in [0.5, 0.6) is 0 Å². The lowest BCUT2D eigenvalue weighted by molar-refractivity contribution is 0.296. The molecule has 0 atom stereocenters. The Hall–Kier alpha value is -0.880. The molecule has 0 bridgehead atoms. The van der Waals surface area contributed by atoms with Gasteiger partial charge in [0.05, 0.1) is 22.7 Å². The number of hydrogen-bond acceptors (Lipinski definition) is 2. The first-order valence-electron chi connectivity index (χ1n) is 4.31. The predicted octanol–water partition coefficient (Wildman–Crippen LogP) is 4.55. The fraction of sp³-hybridized carbons (Fsp3) is 0.182. The molecule has 0 aliphatic carbocycles. The van der Waals surface area contributed by atoms with E-state index in [0.717, 1.165) is 0 Å². The molecule has 0 aliphatic rings. The SMILES string of the molecule is COC(C)=C(C#N)c1cc(Cl)cc(Cl)c1Cl. The molecule has 0 saturated carbocycles. The smallest absolute Gasteiger partial charge is 0.111 e. The lowest BCUT2D eigenvalue weighted by atomic mass is 10.1. The molecule has 0 saturated heterocycles. The largest absolute Gasteiger partial charge is 0.500 e. The molecule has 1 aromatic carbocycles. The first-order chi connectivity index (χ1) is 7.51. The Balaban J connectivity index is 3.50. The second-order valence-electron chi connectivity index (χ2n) is 3.00. The molecule has 0 amide bonds. The van der Waals surface area contributed by atoms with Crippen LogP contribution in [0.4, 0.5) is 0 Å². The van der Waals surface area contributed by atoms with E-state index in [1.807, 2.05) is 6.07 Å². The van der Waals surface area contributed by atoms with Crippen molar-refractivity contribution in [3.8, 4) is 6.07 Å². The van der Waals surface area contributed by atoms with E-state index in [2.05, 4.69) is 0 Å². The average Bonchev–Trinajstić information content (AvgIpc) is 2.25. The summed E-state index contributed by atoms with van der Waals surface area (Å²) in [6.45, 7) is 1.67. The zero-order valence-corrected chi connectivity index (χ0v) is 10.9. The molecule has 0 aromatic heterocycles. The van der Waals surface area contributed by atoms with E-state index in [4.69, 9.17) is 44.8 Å². The fourth-order valence-electron chi connectivity index (χ4n) is 1.17. The summed E-state index contributed by atoms with van der Waals surface area (Å²) in [7, 11) is 1.48. The van der Waals surface area contributed by atoms with Gasteiger partial charge in [0, 0.05) is 10.6 Å². The van der Waals surface area contributed by atoms with Crippen LogP contribution in [0.25, 0.3) is 5.57 Å². The van der Waals surface area contributed by atoms with E-state index < -0.39 is 0 Å². The predicted molar refractivity (Wildman–Crippen MR) is 66.7 cm³/mol. The molecule has 0 spiro atoms. The second-order valence-corrected chi connectivity index (χ2v) is 4.22. The van der Waals surface area contributed by atoms with Crippen molar-refractivity contribution in [3.05, 3.63) is 38.5 Å². The van der Waals surface area contributed by atoms with E-state index in [1.165, 1.54) is 13.2 Å². The van der Waals surface area contributed by atoms with Crippen molar-refractivity contribution in [1.29, 1.82) is 5.26 Å². The summed E-state index contributed by atoms with van der Waals surface area (Å²) >= 11 is 17.7. The first kappa shape index (κ1) is 13.2. The summed E-state index contributed by atoms with van der Waals surface area (Å²) in [6, 6.07) is 5.12. The third-order valence-corrected chi connectivity index (χ3v) is 3.05.